The van der Waals surface area contributed by atoms with Gasteiger partial charge in [0.2, 0.25) is 0 Å². The number of hydrogen-bond acceptors (Lipinski definition) is 5. The lowest BCUT2D eigenvalue weighted by Crippen LogP contribution is -2.59. The van der Waals surface area contributed by atoms with Crippen molar-refractivity contribution in [1.29, 1.82) is 0 Å². The third kappa shape index (κ3) is 3.53. The highest BCUT2D eigenvalue weighted by atomic mass is 16.5. The van der Waals surface area contributed by atoms with Gasteiger partial charge >= 0.3 is 0 Å². The van der Waals surface area contributed by atoms with Crippen LogP contribution in [0.25, 0.3) is 0 Å². The quantitative estimate of drug-likeness (QED) is 0.426. The second kappa shape index (κ2) is 9.13. The Morgan fingerprint density at radius 1 is 0.976 bits per heavy atom. The van der Waals surface area contributed by atoms with Gasteiger partial charge in [0.25, 0.3) is 0 Å². The maximum Gasteiger partial charge on any atom is 0.164 e. The lowest BCUT2D eigenvalue weighted by atomic mass is 9.41. The van der Waals surface area contributed by atoms with Crippen LogP contribution in [0.1, 0.15) is 98.0 Å². The summed E-state index contributed by atoms with van der Waals surface area (Å²) in [6.07, 6.45) is 6.55. The van der Waals surface area contributed by atoms with Gasteiger partial charge in [-0.2, -0.15) is 0 Å². The number of ketones is 1. The van der Waals surface area contributed by atoms with E-state index < -0.39 is 18.3 Å². The third-order valence-corrected chi connectivity index (χ3v) is 15.0. The van der Waals surface area contributed by atoms with E-state index in [-0.39, 0.29) is 51.5 Å². The minimum absolute atomic E-state index is 0.0417. The number of carbonyl (C=O) groups excluding carboxylic acids is 1. The summed E-state index contributed by atoms with van der Waals surface area (Å²) in [7, 11) is 0. The minimum atomic E-state index is -1.15. The fraction of sp³-hybridized carbons (Fsp3) is 0.806. The molecule has 5 nitrogen and oxygen atoms in total. The topological polar surface area (TPSA) is 87.0 Å². The lowest BCUT2D eigenvalue weighted by molar-refractivity contribution is -0.184. The van der Waals surface area contributed by atoms with Crippen molar-refractivity contribution in [2.75, 3.05) is 0 Å². The molecule has 1 aliphatic heterocycles. The zero-order valence-electron chi connectivity index (χ0n) is 25.8. The van der Waals surface area contributed by atoms with Gasteiger partial charge in [-0.15, -0.1) is 0 Å². The van der Waals surface area contributed by atoms with Crippen molar-refractivity contribution in [2.45, 2.75) is 129 Å². The van der Waals surface area contributed by atoms with Crippen LogP contribution in [0.4, 0.5) is 0 Å². The van der Waals surface area contributed by atoms with E-state index in [1.807, 2.05) is 30.3 Å². The summed E-state index contributed by atoms with van der Waals surface area (Å²) >= 11 is 0. The molecule has 7 rings (SSSR count). The Morgan fingerprint density at radius 2 is 1.66 bits per heavy atom. The molecule has 0 aromatic heterocycles. The molecule has 2 spiro atoms. The molecule has 0 amide bonds. The van der Waals surface area contributed by atoms with E-state index in [1.54, 1.807) is 0 Å². The Morgan fingerprint density at radius 3 is 2.39 bits per heavy atom. The van der Waals surface area contributed by atoms with Crippen LogP contribution in [0.2, 0.25) is 0 Å². The Balaban J connectivity index is 1.13. The van der Waals surface area contributed by atoms with Crippen LogP contribution < -0.4 is 0 Å². The summed E-state index contributed by atoms with van der Waals surface area (Å²) in [6, 6.07) is 9.95. The van der Waals surface area contributed by atoms with Crippen LogP contribution >= 0.6 is 0 Å². The molecule has 6 aliphatic rings. The first-order valence-electron chi connectivity index (χ1n) is 16.6. The van der Waals surface area contributed by atoms with Crippen molar-refractivity contribution in [2.24, 2.45) is 50.7 Å². The fourth-order valence-electron chi connectivity index (χ4n) is 12.8. The lowest BCUT2D eigenvalue weighted by Gasteiger charge is -2.63. The number of hydrogen-bond donors (Lipinski definition) is 3. The van der Waals surface area contributed by atoms with E-state index in [0.717, 1.165) is 37.7 Å². The number of Topliss-reactive ketones (excluding diaryl/α,β-unsaturated/α-hetero) is 1. The monoisotopic (exact) mass is 564 g/mol. The summed E-state index contributed by atoms with van der Waals surface area (Å²) in [6.45, 7) is 11.7. The summed E-state index contributed by atoms with van der Waals surface area (Å²) < 4.78 is 6.67. The average Bonchev–Trinajstić information content (AvgIpc) is 3.59. The molecule has 226 valence electrons. The van der Waals surface area contributed by atoms with E-state index >= 15 is 0 Å². The Labute approximate surface area is 246 Å². The molecule has 0 radical (unpaired) electrons. The number of ether oxygens (including phenoxy) is 1. The van der Waals surface area contributed by atoms with Gasteiger partial charge in [-0.1, -0.05) is 65.0 Å². The number of benzene rings is 1. The van der Waals surface area contributed by atoms with Crippen molar-refractivity contribution in [3.63, 3.8) is 0 Å². The molecule has 5 heteroatoms. The predicted molar refractivity (Wildman–Crippen MR) is 158 cm³/mol. The molecular formula is C36H52O5. The molecule has 5 saturated carbocycles. The maximum atomic E-state index is 13.1. The van der Waals surface area contributed by atoms with Crippen LogP contribution in [0, 0.1) is 50.7 Å². The average molecular weight is 565 g/mol. The molecule has 3 N–H and O–H groups in total. The van der Waals surface area contributed by atoms with Gasteiger partial charge < -0.3 is 20.1 Å². The van der Waals surface area contributed by atoms with Crippen LogP contribution in [0.5, 0.6) is 0 Å². The Hall–Kier alpha value is -1.27. The van der Waals surface area contributed by atoms with E-state index in [9.17, 15) is 20.1 Å². The molecule has 1 saturated heterocycles. The summed E-state index contributed by atoms with van der Waals surface area (Å²) in [5.41, 5.74) is 1.32. The van der Waals surface area contributed by atoms with Crippen LogP contribution in [0.3, 0.4) is 0 Å². The first-order valence-corrected chi connectivity index (χ1v) is 16.6. The third-order valence-electron chi connectivity index (χ3n) is 15.0. The first-order chi connectivity index (χ1) is 19.3. The molecule has 41 heavy (non-hydrogen) atoms. The molecule has 0 bridgehead atoms. The molecule has 1 aromatic carbocycles. The largest absolute Gasteiger partial charge is 0.393 e. The van der Waals surface area contributed by atoms with E-state index in [2.05, 4.69) is 34.6 Å². The van der Waals surface area contributed by atoms with Gasteiger partial charge in [0.15, 0.2) is 5.78 Å². The molecule has 5 aliphatic carbocycles. The summed E-state index contributed by atoms with van der Waals surface area (Å²) in [5, 5.41) is 34.5. The van der Waals surface area contributed by atoms with Crippen LogP contribution in [0.15, 0.2) is 30.3 Å². The standard InChI is InChI=1S/C36H52O5/c1-21-19-24(29(39)23(37)12-11-22-9-7-6-8-10-22)41-30-28(21)33(4)17-18-36-20-35(36)16-15-27(38)32(2,3)25(35)13-14-26(36)34(33,5)31(30)40/h6-10,21,24-31,38-40H,11-20H2,1-5H3/t21-,24?,25+,26?,27+,28+,29?,30?,31+,33-,34-,35-,36+/m1/s1. The van der Waals surface area contributed by atoms with E-state index in [0.29, 0.717) is 36.5 Å². The summed E-state index contributed by atoms with van der Waals surface area (Å²) in [5.74, 6) is 1.33. The molecule has 4 unspecified atom stereocenters. The minimum Gasteiger partial charge on any atom is -0.393 e. The molecular weight excluding hydrogens is 512 g/mol. The number of aryl methyl sites for hydroxylation is 1. The number of aliphatic hydroxyl groups is 3. The number of aliphatic hydroxyl groups excluding tert-OH is 3. The zero-order chi connectivity index (χ0) is 29.2. The molecule has 6 fully saturated rings. The Kier molecular flexibility index (Phi) is 6.34. The highest BCUT2D eigenvalue weighted by molar-refractivity contribution is 5.83. The van der Waals surface area contributed by atoms with Gasteiger partial charge in [-0.25, -0.2) is 0 Å². The predicted octanol–water partition coefficient (Wildman–Crippen LogP) is 5.72. The highest BCUT2D eigenvalue weighted by Gasteiger charge is 2.84. The van der Waals surface area contributed by atoms with Crippen molar-refractivity contribution in [3.8, 4) is 0 Å². The van der Waals surface area contributed by atoms with E-state index in [1.165, 1.54) is 12.8 Å². The highest BCUT2D eigenvalue weighted by Crippen LogP contribution is 2.89. The normalized spacial score (nSPS) is 51.8. The van der Waals surface area contributed by atoms with Gasteiger partial charge in [-0.05, 0) is 109 Å². The van der Waals surface area contributed by atoms with Crippen molar-refractivity contribution in [3.05, 3.63) is 35.9 Å². The second-order valence-corrected chi connectivity index (χ2v) is 16.5. The van der Waals surface area contributed by atoms with Gasteiger partial charge in [0.1, 0.15) is 6.10 Å². The van der Waals surface area contributed by atoms with E-state index in [4.69, 9.17) is 4.74 Å². The number of rotatable bonds is 5. The van der Waals surface area contributed by atoms with Gasteiger partial charge in [0.05, 0.1) is 24.4 Å². The van der Waals surface area contributed by atoms with Crippen molar-refractivity contribution >= 4 is 5.78 Å². The van der Waals surface area contributed by atoms with Crippen LogP contribution in [-0.2, 0) is 16.0 Å². The van der Waals surface area contributed by atoms with Crippen molar-refractivity contribution in [1.82, 2.24) is 0 Å². The van der Waals surface area contributed by atoms with Crippen LogP contribution in [-0.4, -0.2) is 51.6 Å². The zero-order valence-corrected chi connectivity index (χ0v) is 25.8. The first kappa shape index (κ1) is 28.5. The second-order valence-electron chi connectivity index (χ2n) is 16.5. The number of fused-ring (bicyclic) bond motifs is 4. The smallest absolute Gasteiger partial charge is 0.164 e. The van der Waals surface area contributed by atoms with Gasteiger partial charge in [-0.3, -0.25) is 4.79 Å². The number of carbonyl (C=O) groups is 1. The van der Waals surface area contributed by atoms with Crippen molar-refractivity contribution < 1.29 is 24.9 Å². The Bertz CT molecular complexity index is 1200. The molecule has 1 heterocycles. The maximum absolute atomic E-state index is 13.1. The molecule has 1 aromatic rings. The van der Waals surface area contributed by atoms with Gasteiger partial charge in [0, 0.05) is 11.8 Å². The molecule has 13 atom stereocenters. The SMILES string of the molecule is C[C@@H]1CC(C(O)C(=O)CCc2ccccc2)OC2[C@H]1[C@@]1(C)CC[C@@]34C[C@@]35CC[C@H](O)C(C)(C)[C@@H]5CCC4[C@]1(C)[C@H]2O. The summed E-state index contributed by atoms with van der Waals surface area (Å²) in [4.78, 5) is 13.1. The fourth-order valence-corrected chi connectivity index (χ4v) is 12.8.